The van der Waals surface area contributed by atoms with Gasteiger partial charge in [0.25, 0.3) is 0 Å². The van der Waals surface area contributed by atoms with Crippen LogP contribution in [0.1, 0.15) is 6.42 Å². The van der Waals surface area contributed by atoms with Crippen molar-refractivity contribution in [1.82, 2.24) is 9.80 Å². The van der Waals surface area contributed by atoms with E-state index in [0.29, 0.717) is 32.7 Å². The standard InChI is InChI=1S/C12H21N3O2/c1-3-5-14-6-8-15(9-7-14)12(16)11(13)4-10-17-2/h1,11H,4-10,13H2,2H3. The number of hydrogen-bond acceptors (Lipinski definition) is 4. The van der Waals surface area contributed by atoms with Crippen LogP contribution in [0.3, 0.4) is 0 Å². The lowest BCUT2D eigenvalue weighted by atomic mass is 10.2. The van der Waals surface area contributed by atoms with Gasteiger partial charge in [-0.25, -0.2) is 0 Å². The van der Waals surface area contributed by atoms with E-state index in [1.165, 1.54) is 0 Å². The fourth-order valence-corrected chi connectivity index (χ4v) is 1.86. The van der Waals surface area contributed by atoms with Crippen molar-refractivity contribution in [3.05, 3.63) is 0 Å². The number of hydrogen-bond donors (Lipinski definition) is 1. The van der Waals surface area contributed by atoms with Crippen LogP contribution in [-0.4, -0.2) is 68.2 Å². The van der Waals surface area contributed by atoms with Crippen molar-refractivity contribution in [2.45, 2.75) is 12.5 Å². The Balaban J connectivity index is 2.33. The zero-order valence-electron chi connectivity index (χ0n) is 10.4. The smallest absolute Gasteiger partial charge is 0.239 e. The Morgan fingerprint density at radius 2 is 2.12 bits per heavy atom. The van der Waals surface area contributed by atoms with Crippen molar-refractivity contribution in [1.29, 1.82) is 0 Å². The summed E-state index contributed by atoms with van der Waals surface area (Å²) in [6, 6.07) is -0.450. The molecule has 0 spiro atoms. The summed E-state index contributed by atoms with van der Waals surface area (Å²) in [6.45, 7) is 4.24. The first-order chi connectivity index (χ1) is 8.19. The molecule has 17 heavy (non-hydrogen) atoms. The average molecular weight is 239 g/mol. The number of amides is 1. The highest BCUT2D eigenvalue weighted by Crippen LogP contribution is 2.04. The van der Waals surface area contributed by atoms with Crippen LogP contribution in [0.25, 0.3) is 0 Å². The number of ether oxygens (including phenoxy) is 1. The molecule has 1 atom stereocenters. The second-order valence-electron chi connectivity index (χ2n) is 4.19. The van der Waals surface area contributed by atoms with Crippen LogP contribution in [-0.2, 0) is 9.53 Å². The maximum absolute atomic E-state index is 12.0. The largest absolute Gasteiger partial charge is 0.385 e. The summed E-state index contributed by atoms with van der Waals surface area (Å²) in [5, 5.41) is 0. The predicted octanol–water partition coefficient (Wildman–Crippen LogP) is -0.872. The lowest BCUT2D eigenvalue weighted by molar-refractivity contribution is -0.134. The normalized spacial score (nSPS) is 18.8. The van der Waals surface area contributed by atoms with E-state index in [4.69, 9.17) is 16.9 Å². The molecule has 0 saturated carbocycles. The van der Waals surface area contributed by atoms with Crippen molar-refractivity contribution in [3.63, 3.8) is 0 Å². The van der Waals surface area contributed by atoms with Gasteiger partial charge in [0, 0.05) is 39.9 Å². The van der Waals surface area contributed by atoms with Crippen molar-refractivity contribution in [2.24, 2.45) is 5.73 Å². The van der Waals surface area contributed by atoms with E-state index in [0.717, 1.165) is 13.1 Å². The van der Waals surface area contributed by atoms with Gasteiger partial charge in [-0.15, -0.1) is 6.42 Å². The number of rotatable bonds is 5. The number of piperazine rings is 1. The van der Waals surface area contributed by atoms with E-state index >= 15 is 0 Å². The number of nitrogens with zero attached hydrogens (tertiary/aromatic N) is 2. The summed E-state index contributed by atoms with van der Waals surface area (Å²) in [5.41, 5.74) is 5.81. The SMILES string of the molecule is C#CCN1CCN(C(=O)C(N)CCOC)CC1. The zero-order chi connectivity index (χ0) is 12.7. The van der Waals surface area contributed by atoms with Crippen molar-refractivity contribution < 1.29 is 9.53 Å². The second kappa shape index (κ2) is 7.28. The Bertz CT molecular complexity index is 280. The molecule has 0 bridgehead atoms. The number of terminal acetylenes is 1. The first-order valence-electron chi connectivity index (χ1n) is 5.88. The molecule has 1 heterocycles. The van der Waals surface area contributed by atoms with Gasteiger partial charge in [-0.2, -0.15) is 0 Å². The lowest BCUT2D eigenvalue weighted by Crippen LogP contribution is -2.53. The minimum atomic E-state index is -0.450. The molecule has 5 heteroatoms. The van der Waals surface area contributed by atoms with E-state index in [2.05, 4.69) is 10.8 Å². The molecule has 5 nitrogen and oxygen atoms in total. The van der Waals surface area contributed by atoms with E-state index in [1.54, 1.807) is 7.11 Å². The fourth-order valence-electron chi connectivity index (χ4n) is 1.86. The van der Waals surface area contributed by atoms with Crippen LogP contribution in [0.2, 0.25) is 0 Å². The molecule has 0 radical (unpaired) electrons. The minimum absolute atomic E-state index is 0.0161. The summed E-state index contributed by atoms with van der Waals surface area (Å²) in [6.07, 6.45) is 5.82. The topological polar surface area (TPSA) is 58.8 Å². The molecule has 1 aliphatic heterocycles. The quantitative estimate of drug-likeness (QED) is 0.634. The summed E-state index contributed by atoms with van der Waals surface area (Å²) in [7, 11) is 1.61. The van der Waals surface area contributed by atoms with Gasteiger partial charge >= 0.3 is 0 Å². The maximum Gasteiger partial charge on any atom is 0.239 e. The van der Waals surface area contributed by atoms with E-state index in [-0.39, 0.29) is 5.91 Å². The molecular formula is C12H21N3O2. The molecule has 1 saturated heterocycles. The fraction of sp³-hybridized carbons (Fsp3) is 0.750. The van der Waals surface area contributed by atoms with Crippen LogP contribution in [0, 0.1) is 12.3 Å². The number of carbonyl (C=O) groups is 1. The van der Waals surface area contributed by atoms with Gasteiger partial charge in [-0.1, -0.05) is 5.92 Å². The van der Waals surface area contributed by atoms with Crippen LogP contribution >= 0.6 is 0 Å². The van der Waals surface area contributed by atoms with Crippen molar-refractivity contribution in [3.8, 4) is 12.3 Å². The predicted molar refractivity (Wildman–Crippen MR) is 66.3 cm³/mol. The van der Waals surface area contributed by atoms with Crippen LogP contribution < -0.4 is 5.73 Å². The Morgan fingerprint density at radius 1 is 1.47 bits per heavy atom. The Morgan fingerprint density at radius 3 is 2.65 bits per heavy atom. The Kier molecular flexibility index (Phi) is 5.98. The zero-order valence-corrected chi connectivity index (χ0v) is 10.4. The first kappa shape index (κ1) is 14.0. The Hall–Kier alpha value is -1.09. The van der Waals surface area contributed by atoms with Crippen LogP contribution in [0.15, 0.2) is 0 Å². The lowest BCUT2D eigenvalue weighted by Gasteiger charge is -2.35. The minimum Gasteiger partial charge on any atom is -0.385 e. The number of nitrogens with two attached hydrogens (primary N) is 1. The first-order valence-corrected chi connectivity index (χ1v) is 5.88. The summed E-state index contributed by atoms with van der Waals surface area (Å²) >= 11 is 0. The molecular weight excluding hydrogens is 218 g/mol. The molecule has 0 aromatic carbocycles. The molecule has 1 unspecified atom stereocenters. The summed E-state index contributed by atoms with van der Waals surface area (Å²) in [5.74, 6) is 2.63. The van der Waals surface area contributed by atoms with Gasteiger partial charge in [0.1, 0.15) is 0 Å². The summed E-state index contributed by atoms with van der Waals surface area (Å²) in [4.78, 5) is 15.9. The third kappa shape index (κ3) is 4.35. The molecule has 1 amide bonds. The van der Waals surface area contributed by atoms with E-state index in [9.17, 15) is 4.79 Å². The highest BCUT2D eigenvalue weighted by molar-refractivity contribution is 5.81. The van der Waals surface area contributed by atoms with Crippen molar-refractivity contribution in [2.75, 3.05) is 46.4 Å². The number of carbonyl (C=O) groups excluding carboxylic acids is 1. The van der Waals surface area contributed by atoms with Gasteiger partial charge in [-0.3, -0.25) is 9.69 Å². The van der Waals surface area contributed by atoms with E-state index in [1.807, 2.05) is 4.90 Å². The third-order valence-electron chi connectivity index (χ3n) is 2.95. The van der Waals surface area contributed by atoms with Crippen molar-refractivity contribution >= 4 is 5.91 Å². The summed E-state index contributed by atoms with van der Waals surface area (Å²) < 4.78 is 4.92. The van der Waals surface area contributed by atoms with Gasteiger partial charge < -0.3 is 15.4 Å². The Labute approximate surface area is 103 Å². The molecule has 1 aliphatic rings. The molecule has 1 fully saturated rings. The third-order valence-corrected chi connectivity index (χ3v) is 2.95. The van der Waals surface area contributed by atoms with Crippen LogP contribution in [0.4, 0.5) is 0 Å². The molecule has 0 aromatic heterocycles. The molecule has 0 aromatic rings. The maximum atomic E-state index is 12.0. The second-order valence-corrected chi connectivity index (χ2v) is 4.19. The van der Waals surface area contributed by atoms with Gasteiger partial charge in [0.2, 0.25) is 5.91 Å². The highest BCUT2D eigenvalue weighted by atomic mass is 16.5. The highest BCUT2D eigenvalue weighted by Gasteiger charge is 2.24. The molecule has 1 rings (SSSR count). The number of methoxy groups -OCH3 is 1. The average Bonchev–Trinajstić information content (AvgIpc) is 2.36. The molecule has 0 aliphatic carbocycles. The van der Waals surface area contributed by atoms with Crippen LogP contribution in [0.5, 0.6) is 0 Å². The molecule has 96 valence electrons. The van der Waals surface area contributed by atoms with Gasteiger partial charge in [0.05, 0.1) is 12.6 Å². The monoisotopic (exact) mass is 239 g/mol. The molecule has 2 N–H and O–H groups in total. The van der Waals surface area contributed by atoms with Gasteiger partial charge in [-0.05, 0) is 6.42 Å². The van der Waals surface area contributed by atoms with Gasteiger partial charge in [0.15, 0.2) is 0 Å². The van der Waals surface area contributed by atoms with E-state index < -0.39 is 6.04 Å².